The van der Waals surface area contributed by atoms with E-state index in [2.05, 4.69) is 21.0 Å². The zero-order chi connectivity index (χ0) is 8.39. The Morgan fingerprint density at radius 2 is 2.67 bits per heavy atom. The fraction of sp³-hybridized carbons (Fsp3) is 0.750. The van der Waals surface area contributed by atoms with E-state index in [1.807, 2.05) is 0 Å². The Balaban J connectivity index is 2.01. The molecule has 0 N–H and O–H groups in total. The first-order valence-electron chi connectivity index (χ1n) is 4.38. The van der Waals surface area contributed by atoms with E-state index < -0.39 is 0 Å². The number of allylic oxidation sites excluding steroid dienone is 1. The van der Waals surface area contributed by atoms with Gasteiger partial charge in [0.05, 0.1) is 0 Å². The average Bonchev–Trinajstić information content (AvgIpc) is 2.62. The van der Waals surface area contributed by atoms with Gasteiger partial charge in [0, 0.05) is 29.7 Å². The van der Waals surface area contributed by atoms with Crippen molar-refractivity contribution < 1.29 is 0 Å². The van der Waals surface area contributed by atoms with Crippen molar-refractivity contribution in [3.8, 4) is 0 Å². The summed E-state index contributed by atoms with van der Waals surface area (Å²) in [4.78, 5) is 5.18. The normalized spacial score (nSPS) is 26.5. The van der Waals surface area contributed by atoms with Gasteiger partial charge in [-0.05, 0) is 24.8 Å². The van der Waals surface area contributed by atoms with Crippen molar-refractivity contribution >= 4 is 0 Å². The van der Waals surface area contributed by atoms with Gasteiger partial charge in [0.1, 0.15) is 0 Å². The standard InChI is InChI=1S/C8H12N4/c9-11-10-6-8-4-3-7-2-1-5-12(7)8/h2,8H,1,3-6H2/t8-/m0/s1. The quantitative estimate of drug-likeness (QED) is 0.350. The third-order valence-corrected chi connectivity index (χ3v) is 2.65. The van der Waals surface area contributed by atoms with Crippen molar-refractivity contribution in [1.82, 2.24) is 4.90 Å². The molecule has 0 aromatic carbocycles. The van der Waals surface area contributed by atoms with Crippen LogP contribution in [0.3, 0.4) is 0 Å². The maximum absolute atomic E-state index is 8.19. The van der Waals surface area contributed by atoms with Crippen molar-refractivity contribution in [2.24, 2.45) is 5.11 Å². The molecule has 2 aliphatic rings. The van der Waals surface area contributed by atoms with Crippen LogP contribution in [0.1, 0.15) is 19.3 Å². The molecule has 2 rings (SSSR count). The molecule has 0 aromatic rings. The number of azide groups is 1. The first-order chi connectivity index (χ1) is 5.92. The Labute approximate surface area is 71.5 Å². The third-order valence-electron chi connectivity index (χ3n) is 2.65. The summed E-state index contributed by atoms with van der Waals surface area (Å²) in [5.74, 6) is 0. The lowest BCUT2D eigenvalue weighted by molar-refractivity contribution is 0.321. The van der Waals surface area contributed by atoms with Gasteiger partial charge in [-0.15, -0.1) is 0 Å². The molecule has 0 amide bonds. The summed E-state index contributed by atoms with van der Waals surface area (Å²) in [6, 6.07) is 0.481. The molecule has 0 bridgehead atoms. The summed E-state index contributed by atoms with van der Waals surface area (Å²) < 4.78 is 0. The van der Waals surface area contributed by atoms with Gasteiger partial charge in [0.15, 0.2) is 0 Å². The number of fused-ring (bicyclic) bond motifs is 1. The van der Waals surface area contributed by atoms with E-state index in [1.54, 1.807) is 0 Å². The lowest BCUT2D eigenvalue weighted by Gasteiger charge is -2.21. The second-order valence-electron chi connectivity index (χ2n) is 3.28. The summed E-state index contributed by atoms with van der Waals surface area (Å²) >= 11 is 0. The molecular formula is C8H12N4. The molecule has 0 radical (unpaired) electrons. The van der Waals surface area contributed by atoms with Crippen molar-refractivity contribution in [3.05, 3.63) is 22.2 Å². The minimum atomic E-state index is 0.481. The van der Waals surface area contributed by atoms with Gasteiger partial charge in [-0.25, -0.2) is 0 Å². The summed E-state index contributed by atoms with van der Waals surface area (Å²) in [6.07, 6.45) is 5.80. The van der Waals surface area contributed by atoms with Gasteiger partial charge in [-0.2, -0.15) is 0 Å². The van der Waals surface area contributed by atoms with Gasteiger partial charge in [-0.1, -0.05) is 11.2 Å². The molecule has 0 spiro atoms. The molecule has 4 nitrogen and oxygen atoms in total. The molecule has 0 unspecified atom stereocenters. The van der Waals surface area contributed by atoms with Crippen LogP contribution in [0, 0.1) is 0 Å². The zero-order valence-corrected chi connectivity index (χ0v) is 6.98. The predicted molar refractivity (Wildman–Crippen MR) is 46.4 cm³/mol. The summed E-state index contributed by atoms with van der Waals surface area (Å²) in [7, 11) is 0. The average molecular weight is 164 g/mol. The lowest BCUT2D eigenvalue weighted by Crippen LogP contribution is -2.28. The fourth-order valence-electron chi connectivity index (χ4n) is 2.08. The van der Waals surface area contributed by atoms with E-state index in [-0.39, 0.29) is 0 Å². The molecule has 0 saturated carbocycles. The second kappa shape index (κ2) is 3.07. The van der Waals surface area contributed by atoms with Gasteiger partial charge < -0.3 is 4.90 Å². The first-order valence-corrected chi connectivity index (χ1v) is 4.38. The van der Waals surface area contributed by atoms with Crippen LogP contribution in [-0.4, -0.2) is 24.0 Å². The predicted octanol–water partition coefficient (Wildman–Crippen LogP) is 2.05. The molecule has 12 heavy (non-hydrogen) atoms. The van der Waals surface area contributed by atoms with Crippen molar-refractivity contribution in [3.63, 3.8) is 0 Å². The van der Waals surface area contributed by atoms with Crippen LogP contribution >= 0.6 is 0 Å². The third kappa shape index (κ3) is 1.14. The summed E-state index contributed by atoms with van der Waals surface area (Å²) in [5.41, 5.74) is 9.66. The topological polar surface area (TPSA) is 52.0 Å². The van der Waals surface area contributed by atoms with Crippen LogP contribution in [0.4, 0.5) is 0 Å². The second-order valence-corrected chi connectivity index (χ2v) is 3.28. The highest BCUT2D eigenvalue weighted by molar-refractivity contribution is 5.14. The van der Waals surface area contributed by atoms with Crippen LogP contribution in [0.5, 0.6) is 0 Å². The maximum atomic E-state index is 8.19. The van der Waals surface area contributed by atoms with Crippen molar-refractivity contribution in [1.29, 1.82) is 0 Å². The van der Waals surface area contributed by atoms with E-state index in [0.29, 0.717) is 12.6 Å². The molecule has 2 aliphatic heterocycles. The molecule has 1 fully saturated rings. The van der Waals surface area contributed by atoms with Crippen LogP contribution in [-0.2, 0) is 0 Å². The molecular weight excluding hydrogens is 152 g/mol. The van der Waals surface area contributed by atoms with E-state index in [4.69, 9.17) is 5.53 Å². The smallest absolute Gasteiger partial charge is 0.0462 e. The Morgan fingerprint density at radius 3 is 3.50 bits per heavy atom. The Hall–Kier alpha value is -1.15. The molecule has 0 aliphatic carbocycles. The molecule has 4 heteroatoms. The highest BCUT2D eigenvalue weighted by atomic mass is 15.2. The number of nitrogens with zero attached hydrogens (tertiary/aromatic N) is 4. The summed E-state index contributed by atoms with van der Waals surface area (Å²) in [5, 5.41) is 3.63. The monoisotopic (exact) mass is 164 g/mol. The molecule has 64 valence electrons. The van der Waals surface area contributed by atoms with E-state index in [0.717, 1.165) is 13.0 Å². The number of hydrogen-bond donors (Lipinski definition) is 0. The minimum Gasteiger partial charge on any atom is -0.372 e. The Bertz CT molecular complexity index is 252. The first kappa shape index (κ1) is 7.50. The lowest BCUT2D eigenvalue weighted by atomic mass is 10.2. The van der Waals surface area contributed by atoms with E-state index in [9.17, 15) is 0 Å². The van der Waals surface area contributed by atoms with Crippen molar-refractivity contribution in [2.75, 3.05) is 13.1 Å². The summed E-state index contributed by atoms with van der Waals surface area (Å²) in [6.45, 7) is 1.76. The molecule has 1 atom stereocenters. The van der Waals surface area contributed by atoms with Gasteiger partial charge in [0.25, 0.3) is 0 Å². The van der Waals surface area contributed by atoms with Crippen LogP contribution in [0.25, 0.3) is 10.4 Å². The van der Waals surface area contributed by atoms with Crippen LogP contribution < -0.4 is 0 Å². The van der Waals surface area contributed by atoms with E-state index >= 15 is 0 Å². The molecule has 1 saturated heterocycles. The highest BCUT2D eigenvalue weighted by Gasteiger charge is 2.29. The minimum absolute atomic E-state index is 0.481. The Morgan fingerprint density at radius 1 is 1.75 bits per heavy atom. The SMILES string of the molecule is [N-]=[N+]=NC[C@@H]1CCC2=CCCN21. The maximum Gasteiger partial charge on any atom is 0.0462 e. The highest BCUT2D eigenvalue weighted by Crippen LogP contribution is 2.31. The van der Waals surface area contributed by atoms with Crippen LogP contribution in [0.2, 0.25) is 0 Å². The van der Waals surface area contributed by atoms with E-state index in [1.165, 1.54) is 18.5 Å². The number of rotatable bonds is 2. The van der Waals surface area contributed by atoms with Gasteiger partial charge >= 0.3 is 0 Å². The largest absolute Gasteiger partial charge is 0.372 e. The molecule has 2 heterocycles. The number of hydrogen-bond acceptors (Lipinski definition) is 2. The van der Waals surface area contributed by atoms with Gasteiger partial charge in [-0.3, -0.25) is 0 Å². The fourth-order valence-corrected chi connectivity index (χ4v) is 2.08. The van der Waals surface area contributed by atoms with Gasteiger partial charge in [0.2, 0.25) is 0 Å². The zero-order valence-electron chi connectivity index (χ0n) is 6.98. The molecule has 0 aromatic heterocycles. The van der Waals surface area contributed by atoms with Crippen LogP contribution in [0.15, 0.2) is 16.9 Å². The Kier molecular flexibility index (Phi) is 1.92. The van der Waals surface area contributed by atoms with Crippen molar-refractivity contribution in [2.45, 2.75) is 25.3 Å².